The number of carbonyl (C=O) groups is 2. The van der Waals surface area contributed by atoms with Gasteiger partial charge < -0.3 is 4.74 Å². The molecule has 0 aromatic heterocycles. The van der Waals surface area contributed by atoms with Gasteiger partial charge in [-0.2, -0.15) is 0 Å². The fraction of sp³-hybridized carbons (Fsp3) is 0.818. The van der Waals surface area contributed by atoms with Crippen LogP contribution in [0.4, 0.5) is 0 Å². The van der Waals surface area contributed by atoms with Gasteiger partial charge in [-0.05, 0) is 19.3 Å². The molecule has 144 valence electrons. The molecule has 1 heterocycles. The summed E-state index contributed by atoms with van der Waals surface area (Å²) in [4.78, 5) is 22.3. The monoisotopic (exact) mass is 350 g/mol. The van der Waals surface area contributed by atoms with Crippen LogP contribution in [0.1, 0.15) is 109 Å². The molecule has 0 aromatic rings. The minimum atomic E-state index is -0.345. The summed E-state index contributed by atoms with van der Waals surface area (Å²) in [6.07, 6.45) is 22.8. The van der Waals surface area contributed by atoms with Crippen molar-refractivity contribution in [1.82, 2.24) is 0 Å². The second-order valence-electron chi connectivity index (χ2n) is 7.51. The molecule has 3 nitrogen and oxygen atoms in total. The number of cyclic esters (lactones) is 2. The van der Waals surface area contributed by atoms with E-state index in [2.05, 4.69) is 11.3 Å². The summed E-state index contributed by atoms with van der Waals surface area (Å²) in [5, 5.41) is 0. The van der Waals surface area contributed by atoms with Crippen LogP contribution in [0.15, 0.2) is 12.7 Å². The average molecular weight is 351 g/mol. The topological polar surface area (TPSA) is 43.4 Å². The van der Waals surface area contributed by atoms with Gasteiger partial charge in [0.15, 0.2) is 0 Å². The number of allylic oxidation sites excluding steroid dienone is 1. The largest absolute Gasteiger partial charge is 0.393 e. The van der Waals surface area contributed by atoms with Crippen LogP contribution in [0, 0.1) is 5.92 Å². The van der Waals surface area contributed by atoms with Crippen LogP contribution in [0.2, 0.25) is 0 Å². The molecular formula is C22H38O3. The van der Waals surface area contributed by atoms with Crippen molar-refractivity contribution in [3.8, 4) is 0 Å². The van der Waals surface area contributed by atoms with Crippen molar-refractivity contribution >= 4 is 11.9 Å². The third-order valence-electron chi connectivity index (χ3n) is 5.17. The fourth-order valence-corrected chi connectivity index (χ4v) is 3.54. The summed E-state index contributed by atoms with van der Waals surface area (Å²) in [5.41, 5.74) is 0. The SMILES string of the molecule is C=CCCCCCCCCCCCCCCCCC1CC(=O)OC1=O. The summed E-state index contributed by atoms with van der Waals surface area (Å²) in [7, 11) is 0. The van der Waals surface area contributed by atoms with Crippen molar-refractivity contribution < 1.29 is 14.3 Å². The maximum atomic E-state index is 11.3. The van der Waals surface area contributed by atoms with Crippen molar-refractivity contribution in [2.24, 2.45) is 5.92 Å². The highest BCUT2D eigenvalue weighted by Gasteiger charge is 2.32. The van der Waals surface area contributed by atoms with Crippen LogP contribution >= 0.6 is 0 Å². The molecule has 3 heteroatoms. The highest BCUT2D eigenvalue weighted by atomic mass is 16.6. The van der Waals surface area contributed by atoms with E-state index in [1.165, 1.54) is 89.9 Å². The van der Waals surface area contributed by atoms with Crippen molar-refractivity contribution in [2.45, 2.75) is 109 Å². The van der Waals surface area contributed by atoms with Crippen LogP contribution in [-0.2, 0) is 14.3 Å². The molecule has 0 spiro atoms. The van der Waals surface area contributed by atoms with Crippen LogP contribution in [0.25, 0.3) is 0 Å². The molecule has 0 aromatic carbocycles. The molecule has 1 saturated heterocycles. The zero-order valence-corrected chi connectivity index (χ0v) is 16.1. The molecule has 0 bridgehead atoms. The fourth-order valence-electron chi connectivity index (χ4n) is 3.54. The van der Waals surface area contributed by atoms with Gasteiger partial charge in [-0.25, -0.2) is 0 Å². The molecular weight excluding hydrogens is 312 g/mol. The van der Waals surface area contributed by atoms with E-state index in [4.69, 9.17) is 0 Å². The molecule has 0 N–H and O–H groups in total. The molecule has 0 saturated carbocycles. The van der Waals surface area contributed by atoms with Gasteiger partial charge in [-0.15, -0.1) is 6.58 Å². The van der Waals surface area contributed by atoms with Gasteiger partial charge in [0.1, 0.15) is 0 Å². The van der Waals surface area contributed by atoms with Gasteiger partial charge in [-0.1, -0.05) is 89.5 Å². The van der Waals surface area contributed by atoms with E-state index in [9.17, 15) is 9.59 Å². The molecule has 1 unspecified atom stereocenters. The van der Waals surface area contributed by atoms with E-state index in [0.717, 1.165) is 12.8 Å². The maximum Gasteiger partial charge on any atom is 0.317 e. The predicted octanol–water partition coefficient (Wildman–Crippen LogP) is 6.50. The minimum absolute atomic E-state index is 0.158. The lowest BCUT2D eigenvalue weighted by molar-refractivity contribution is -0.153. The van der Waals surface area contributed by atoms with Gasteiger partial charge in [0.25, 0.3) is 0 Å². The van der Waals surface area contributed by atoms with Gasteiger partial charge >= 0.3 is 11.9 Å². The van der Waals surface area contributed by atoms with Crippen molar-refractivity contribution in [3.05, 3.63) is 12.7 Å². The van der Waals surface area contributed by atoms with Crippen LogP contribution in [0.3, 0.4) is 0 Å². The zero-order chi connectivity index (χ0) is 18.2. The molecule has 25 heavy (non-hydrogen) atoms. The van der Waals surface area contributed by atoms with Crippen LogP contribution < -0.4 is 0 Å². The second-order valence-corrected chi connectivity index (χ2v) is 7.51. The standard InChI is InChI=1S/C22H38O3/c1-2-3-4-5-6-7-8-9-10-11-12-13-14-15-16-17-18-20-19-21(23)25-22(20)24/h2,20H,1,3-19H2. The Morgan fingerprint density at radius 2 is 1.20 bits per heavy atom. The molecule has 1 fully saturated rings. The normalized spacial score (nSPS) is 17.0. The average Bonchev–Trinajstić information content (AvgIpc) is 2.92. The maximum absolute atomic E-state index is 11.3. The second kappa shape index (κ2) is 15.2. The number of hydrogen-bond donors (Lipinski definition) is 0. The zero-order valence-electron chi connectivity index (χ0n) is 16.1. The Kier molecular flexibility index (Phi) is 13.3. The van der Waals surface area contributed by atoms with Crippen LogP contribution in [0.5, 0.6) is 0 Å². The van der Waals surface area contributed by atoms with E-state index in [0.29, 0.717) is 6.42 Å². The lowest BCUT2D eigenvalue weighted by atomic mass is 9.98. The lowest BCUT2D eigenvalue weighted by Gasteiger charge is -2.05. The minimum Gasteiger partial charge on any atom is -0.393 e. The number of esters is 2. The van der Waals surface area contributed by atoms with E-state index in [-0.39, 0.29) is 17.9 Å². The summed E-state index contributed by atoms with van der Waals surface area (Å²) in [5.74, 6) is -0.807. The summed E-state index contributed by atoms with van der Waals surface area (Å²) >= 11 is 0. The number of unbranched alkanes of at least 4 members (excludes halogenated alkanes) is 14. The Morgan fingerprint density at radius 3 is 1.60 bits per heavy atom. The molecule has 0 radical (unpaired) electrons. The molecule has 1 aliphatic rings. The Balaban J connectivity index is 1.73. The van der Waals surface area contributed by atoms with Crippen molar-refractivity contribution in [3.63, 3.8) is 0 Å². The molecule has 1 atom stereocenters. The van der Waals surface area contributed by atoms with Crippen molar-refractivity contribution in [1.29, 1.82) is 0 Å². The van der Waals surface area contributed by atoms with E-state index in [1.54, 1.807) is 0 Å². The summed E-state index contributed by atoms with van der Waals surface area (Å²) < 4.78 is 4.57. The van der Waals surface area contributed by atoms with E-state index < -0.39 is 0 Å². The Bertz CT molecular complexity index is 375. The number of rotatable bonds is 17. The van der Waals surface area contributed by atoms with Crippen molar-refractivity contribution in [2.75, 3.05) is 0 Å². The van der Waals surface area contributed by atoms with Gasteiger partial charge in [0.2, 0.25) is 0 Å². The predicted molar refractivity (Wildman–Crippen MR) is 103 cm³/mol. The highest BCUT2D eigenvalue weighted by Crippen LogP contribution is 2.22. The van der Waals surface area contributed by atoms with Gasteiger partial charge in [0.05, 0.1) is 12.3 Å². The first-order valence-corrected chi connectivity index (χ1v) is 10.6. The number of hydrogen-bond acceptors (Lipinski definition) is 3. The molecule has 1 aliphatic heterocycles. The first-order chi connectivity index (χ1) is 12.2. The van der Waals surface area contributed by atoms with Crippen LogP contribution in [-0.4, -0.2) is 11.9 Å². The third kappa shape index (κ3) is 12.0. The number of ether oxygens (including phenoxy) is 1. The molecule has 0 aliphatic carbocycles. The van der Waals surface area contributed by atoms with Gasteiger partial charge in [0, 0.05) is 0 Å². The Labute approximate surface area is 154 Å². The Hall–Kier alpha value is -1.12. The molecule has 0 amide bonds. The Morgan fingerprint density at radius 1 is 0.760 bits per heavy atom. The highest BCUT2D eigenvalue weighted by molar-refractivity contribution is 5.94. The first-order valence-electron chi connectivity index (χ1n) is 10.6. The summed E-state index contributed by atoms with van der Waals surface area (Å²) in [6.45, 7) is 3.76. The lowest BCUT2D eigenvalue weighted by Crippen LogP contribution is -2.06. The van der Waals surface area contributed by atoms with Gasteiger partial charge in [-0.3, -0.25) is 9.59 Å². The quantitative estimate of drug-likeness (QED) is 0.130. The summed E-state index contributed by atoms with van der Waals surface area (Å²) in [6, 6.07) is 0. The first kappa shape index (κ1) is 21.9. The van der Waals surface area contributed by atoms with E-state index >= 15 is 0 Å². The molecule has 1 rings (SSSR count). The smallest absolute Gasteiger partial charge is 0.317 e. The third-order valence-corrected chi connectivity index (χ3v) is 5.17. The van der Waals surface area contributed by atoms with E-state index in [1.807, 2.05) is 6.08 Å². The number of carbonyl (C=O) groups excluding carboxylic acids is 2.